The molecule has 1 fully saturated rings. The molecule has 0 radical (unpaired) electrons. The summed E-state index contributed by atoms with van der Waals surface area (Å²) in [6.07, 6.45) is 3.40. The summed E-state index contributed by atoms with van der Waals surface area (Å²) in [6.45, 7) is 3.45. The Balaban J connectivity index is 1.33. The van der Waals surface area contributed by atoms with Crippen LogP contribution in [0.2, 0.25) is 0 Å². The van der Waals surface area contributed by atoms with Gasteiger partial charge in [0, 0.05) is 49.8 Å². The van der Waals surface area contributed by atoms with E-state index in [1.165, 1.54) is 12.1 Å². The van der Waals surface area contributed by atoms with E-state index in [1.807, 2.05) is 17.0 Å². The standard InChI is InChI=1S/C19H21FN8/c20-15-1-3-16(4-2-15)27-9-11-28(12-10-27)19(21)23-13-17-24-18(26-25-17)14-5-7-22-8-6-14/h1-8H,9-13H2,(H2,21,23)(H,24,25,26). The highest BCUT2D eigenvalue weighted by molar-refractivity contribution is 5.78. The van der Waals surface area contributed by atoms with Crippen LogP contribution in [0, 0.1) is 5.82 Å². The molecule has 8 nitrogen and oxygen atoms in total. The summed E-state index contributed by atoms with van der Waals surface area (Å²) in [5.74, 6) is 1.53. The first kappa shape index (κ1) is 17.9. The summed E-state index contributed by atoms with van der Waals surface area (Å²) in [6, 6.07) is 10.3. The second-order valence-corrected chi connectivity index (χ2v) is 6.47. The molecule has 144 valence electrons. The van der Waals surface area contributed by atoms with Crippen LogP contribution in [-0.2, 0) is 6.54 Å². The predicted octanol–water partition coefficient (Wildman–Crippen LogP) is 1.64. The van der Waals surface area contributed by atoms with Crippen LogP contribution in [0.1, 0.15) is 5.82 Å². The molecule has 0 unspecified atom stereocenters. The fourth-order valence-corrected chi connectivity index (χ4v) is 3.10. The van der Waals surface area contributed by atoms with Gasteiger partial charge in [-0.2, -0.15) is 5.10 Å². The number of hydrogen-bond acceptors (Lipinski definition) is 5. The van der Waals surface area contributed by atoms with Gasteiger partial charge in [-0.1, -0.05) is 0 Å². The Bertz CT molecular complexity index is 930. The number of H-pyrrole nitrogens is 1. The fourth-order valence-electron chi connectivity index (χ4n) is 3.10. The largest absolute Gasteiger partial charge is 0.370 e. The van der Waals surface area contributed by atoms with Crippen molar-refractivity contribution in [3.8, 4) is 11.4 Å². The summed E-state index contributed by atoms with van der Waals surface area (Å²) in [7, 11) is 0. The number of benzene rings is 1. The van der Waals surface area contributed by atoms with Crippen molar-refractivity contribution in [3.63, 3.8) is 0 Å². The molecule has 4 rings (SSSR count). The molecular weight excluding hydrogens is 359 g/mol. The number of nitrogens with zero attached hydrogens (tertiary/aromatic N) is 6. The molecule has 0 saturated carbocycles. The second-order valence-electron chi connectivity index (χ2n) is 6.47. The Morgan fingerprint density at radius 3 is 2.50 bits per heavy atom. The Labute approximate surface area is 161 Å². The van der Waals surface area contributed by atoms with E-state index < -0.39 is 0 Å². The van der Waals surface area contributed by atoms with E-state index in [0.29, 0.717) is 24.2 Å². The molecule has 3 heterocycles. The smallest absolute Gasteiger partial charge is 0.191 e. The van der Waals surface area contributed by atoms with Crippen molar-refractivity contribution >= 4 is 11.6 Å². The quantitative estimate of drug-likeness (QED) is 0.527. The van der Waals surface area contributed by atoms with Gasteiger partial charge in [0.2, 0.25) is 0 Å². The lowest BCUT2D eigenvalue weighted by atomic mass is 10.2. The molecule has 1 aliphatic rings. The Morgan fingerprint density at radius 1 is 1.07 bits per heavy atom. The normalized spacial score (nSPS) is 15.1. The molecule has 3 N–H and O–H groups in total. The molecular formula is C19H21FN8. The molecule has 0 bridgehead atoms. The lowest BCUT2D eigenvalue weighted by Gasteiger charge is -2.36. The number of aromatic amines is 1. The van der Waals surface area contributed by atoms with Crippen LogP contribution < -0.4 is 10.6 Å². The van der Waals surface area contributed by atoms with Gasteiger partial charge in [-0.25, -0.2) is 14.4 Å². The Kier molecular flexibility index (Phi) is 5.14. The number of hydrogen-bond donors (Lipinski definition) is 2. The summed E-state index contributed by atoms with van der Waals surface area (Å²) in [5.41, 5.74) is 8.07. The SMILES string of the molecule is NC(=NCc1nc(-c2ccncc2)n[nH]1)N1CCN(c2ccc(F)cc2)CC1. The third-order valence-electron chi connectivity index (χ3n) is 4.66. The van der Waals surface area contributed by atoms with Crippen molar-refractivity contribution < 1.29 is 4.39 Å². The predicted molar refractivity (Wildman–Crippen MR) is 105 cm³/mol. The number of rotatable bonds is 4. The number of halogens is 1. The molecule has 1 aromatic carbocycles. The molecule has 0 amide bonds. The number of pyridine rings is 1. The highest BCUT2D eigenvalue weighted by Gasteiger charge is 2.18. The van der Waals surface area contributed by atoms with Crippen LogP contribution in [0.15, 0.2) is 53.8 Å². The number of guanidine groups is 1. The number of nitrogens with one attached hydrogen (secondary N) is 1. The maximum Gasteiger partial charge on any atom is 0.191 e. The zero-order valence-corrected chi connectivity index (χ0v) is 15.3. The number of anilines is 1. The summed E-state index contributed by atoms with van der Waals surface area (Å²) < 4.78 is 13.1. The minimum Gasteiger partial charge on any atom is -0.370 e. The third kappa shape index (κ3) is 4.08. The van der Waals surface area contributed by atoms with Gasteiger partial charge < -0.3 is 15.5 Å². The maximum absolute atomic E-state index is 13.1. The average molecular weight is 380 g/mol. The van der Waals surface area contributed by atoms with E-state index in [1.54, 1.807) is 24.5 Å². The van der Waals surface area contributed by atoms with E-state index in [9.17, 15) is 4.39 Å². The first-order valence-corrected chi connectivity index (χ1v) is 9.06. The summed E-state index contributed by atoms with van der Waals surface area (Å²) in [5, 5.41) is 7.10. The molecule has 0 aliphatic carbocycles. The van der Waals surface area contributed by atoms with Crippen LogP contribution in [0.3, 0.4) is 0 Å². The van der Waals surface area contributed by atoms with E-state index in [4.69, 9.17) is 5.73 Å². The van der Waals surface area contributed by atoms with Crippen LogP contribution in [-0.4, -0.2) is 57.2 Å². The van der Waals surface area contributed by atoms with Gasteiger partial charge in [0.25, 0.3) is 0 Å². The van der Waals surface area contributed by atoms with Gasteiger partial charge in [-0.15, -0.1) is 0 Å². The first-order chi connectivity index (χ1) is 13.7. The van der Waals surface area contributed by atoms with Crippen molar-refractivity contribution in [2.24, 2.45) is 10.7 Å². The monoisotopic (exact) mass is 380 g/mol. The van der Waals surface area contributed by atoms with Crippen molar-refractivity contribution in [3.05, 3.63) is 60.4 Å². The van der Waals surface area contributed by atoms with Gasteiger partial charge >= 0.3 is 0 Å². The topological polar surface area (TPSA) is 99.3 Å². The molecule has 3 aromatic rings. The number of aliphatic imine (C=N–C) groups is 1. The number of aromatic nitrogens is 4. The molecule has 2 aromatic heterocycles. The van der Waals surface area contributed by atoms with Gasteiger partial charge in [-0.3, -0.25) is 10.1 Å². The van der Waals surface area contributed by atoms with Gasteiger partial charge in [0.1, 0.15) is 18.2 Å². The van der Waals surface area contributed by atoms with Crippen LogP contribution in [0.4, 0.5) is 10.1 Å². The zero-order valence-electron chi connectivity index (χ0n) is 15.3. The average Bonchev–Trinajstić information content (AvgIpc) is 3.22. The highest BCUT2D eigenvalue weighted by atomic mass is 19.1. The Morgan fingerprint density at radius 2 is 1.79 bits per heavy atom. The third-order valence-corrected chi connectivity index (χ3v) is 4.66. The second kappa shape index (κ2) is 8.03. The lowest BCUT2D eigenvalue weighted by Crippen LogP contribution is -2.51. The minimum atomic E-state index is -0.224. The molecule has 1 aliphatic heterocycles. The minimum absolute atomic E-state index is 0.224. The van der Waals surface area contributed by atoms with Gasteiger partial charge in [0.15, 0.2) is 11.8 Å². The zero-order chi connectivity index (χ0) is 19.3. The van der Waals surface area contributed by atoms with Gasteiger partial charge in [-0.05, 0) is 36.4 Å². The summed E-state index contributed by atoms with van der Waals surface area (Å²) >= 11 is 0. The fraction of sp³-hybridized carbons (Fsp3) is 0.263. The lowest BCUT2D eigenvalue weighted by molar-refractivity contribution is 0.380. The highest BCUT2D eigenvalue weighted by Crippen LogP contribution is 2.17. The van der Waals surface area contributed by atoms with Gasteiger partial charge in [0.05, 0.1) is 0 Å². The van der Waals surface area contributed by atoms with E-state index in [-0.39, 0.29) is 5.82 Å². The number of piperazine rings is 1. The van der Waals surface area contributed by atoms with E-state index in [0.717, 1.165) is 37.4 Å². The van der Waals surface area contributed by atoms with Crippen molar-refractivity contribution in [2.75, 3.05) is 31.1 Å². The number of nitrogens with two attached hydrogens (primary N) is 1. The molecule has 28 heavy (non-hydrogen) atoms. The molecule has 9 heteroatoms. The molecule has 1 saturated heterocycles. The van der Waals surface area contributed by atoms with Crippen molar-refractivity contribution in [2.45, 2.75) is 6.54 Å². The molecule has 0 spiro atoms. The maximum atomic E-state index is 13.1. The van der Waals surface area contributed by atoms with E-state index >= 15 is 0 Å². The van der Waals surface area contributed by atoms with Crippen molar-refractivity contribution in [1.82, 2.24) is 25.1 Å². The first-order valence-electron chi connectivity index (χ1n) is 9.06. The van der Waals surface area contributed by atoms with E-state index in [2.05, 4.69) is 30.1 Å². The van der Waals surface area contributed by atoms with Crippen molar-refractivity contribution in [1.29, 1.82) is 0 Å². The van der Waals surface area contributed by atoms with Crippen LogP contribution >= 0.6 is 0 Å². The molecule has 0 atom stereocenters. The Hall–Kier alpha value is -3.49. The van der Waals surface area contributed by atoms with Crippen LogP contribution in [0.5, 0.6) is 0 Å². The summed E-state index contributed by atoms with van der Waals surface area (Å²) in [4.78, 5) is 17.1. The van der Waals surface area contributed by atoms with Crippen LogP contribution in [0.25, 0.3) is 11.4 Å².